The van der Waals surface area contributed by atoms with Crippen molar-refractivity contribution in [2.24, 2.45) is 5.92 Å². The molecule has 4 nitrogen and oxygen atoms in total. The first-order valence-electron chi connectivity index (χ1n) is 7.49. The number of rotatable bonds is 4. The van der Waals surface area contributed by atoms with Crippen molar-refractivity contribution in [3.63, 3.8) is 0 Å². The highest BCUT2D eigenvalue weighted by Crippen LogP contribution is 2.37. The summed E-state index contributed by atoms with van der Waals surface area (Å²) in [6.45, 7) is 5.88. The van der Waals surface area contributed by atoms with E-state index in [0.29, 0.717) is 18.6 Å². The molecule has 0 aromatic heterocycles. The lowest BCUT2D eigenvalue weighted by molar-refractivity contribution is -0.182. The number of urea groups is 1. The van der Waals surface area contributed by atoms with Gasteiger partial charge < -0.3 is 10.6 Å². The lowest BCUT2D eigenvalue weighted by Crippen LogP contribution is -2.45. The van der Waals surface area contributed by atoms with Gasteiger partial charge in [-0.15, -0.1) is 0 Å². The topological polar surface area (TPSA) is 58.2 Å². The molecule has 0 saturated heterocycles. The number of amides is 2. The van der Waals surface area contributed by atoms with Crippen LogP contribution in [-0.4, -0.2) is 39.5 Å². The second-order valence-electron chi connectivity index (χ2n) is 6.65. The van der Waals surface area contributed by atoms with Crippen molar-refractivity contribution in [2.75, 3.05) is 12.3 Å². The maximum absolute atomic E-state index is 12.5. The van der Waals surface area contributed by atoms with Crippen LogP contribution in [0.2, 0.25) is 0 Å². The van der Waals surface area contributed by atoms with Gasteiger partial charge in [0.15, 0.2) is 0 Å². The molecule has 0 bridgehead atoms. The zero-order valence-electron chi connectivity index (χ0n) is 13.3. The molecule has 0 spiro atoms. The third kappa shape index (κ3) is 6.54. The summed E-state index contributed by atoms with van der Waals surface area (Å²) >= 11 is 0. The third-order valence-corrected chi connectivity index (χ3v) is 5.72. The van der Waals surface area contributed by atoms with Crippen molar-refractivity contribution in [3.05, 3.63) is 0 Å². The Morgan fingerprint density at radius 1 is 1.14 bits per heavy atom. The Morgan fingerprint density at radius 2 is 1.68 bits per heavy atom. The maximum Gasteiger partial charge on any atom is 0.391 e. The average molecular weight is 342 g/mol. The van der Waals surface area contributed by atoms with E-state index in [1.54, 1.807) is 0 Å². The first-order valence-corrected chi connectivity index (χ1v) is 8.81. The molecule has 2 amide bonds. The smallest absolute Gasteiger partial charge is 0.337 e. The van der Waals surface area contributed by atoms with Gasteiger partial charge in [0, 0.05) is 33.9 Å². The highest BCUT2D eigenvalue weighted by Gasteiger charge is 2.41. The Morgan fingerprint density at radius 3 is 2.14 bits per heavy atom. The van der Waals surface area contributed by atoms with Crippen LogP contribution in [0.25, 0.3) is 0 Å². The lowest BCUT2D eigenvalue weighted by Gasteiger charge is -2.30. The summed E-state index contributed by atoms with van der Waals surface area (Å²) in [6, 6.07) is -0.618. The summed E-state index contributed by atoms with van der Waals surface area (Å²) in [5.74, 6) is -0.889. The van der Waals surface area contributed by atoms with E-state index in [0.717, 1.165) is 0 Å². The molecular weight excluding hydrogens is 317 g/mol. The quantitative estimate of drug-likeness (QED) is 0.825. The minimum atomic E-state index is -4.13. The van der Waals surface area contributed by atoms with Gasteiger partial charge in [0.05, 0.1) is 5.92 Å². The summed E-state index contributed by atoms with van der Waals surface area (Å²) in [7, 11) is -1.04. The van der Waals surface area contributed by atoms with Gasteiger partial charge >= 0.3 is 12.2 Å². The fourth-order valence-electron chi connectivity index (χ4n) is 2.36. The molecule has 1 saturated carbocycles. The van der Waals surface area contributed by atoms with Crippen LogP contribution < -0.4 is 10.6 Å². The van der Waals surface area contributed by atoms with E-state index in [-0.39, 0.29) is 30.2 Å². The minimum Gasteiger partial charge on any atom is -0.337 e. The third-order valence-electron chi connectivity index (χ3n) is 3.78. The maximum atomic E-state index is 12.5. The summed E-state index contributed by atoms with van der Waals surface area (Å²) in [4.78, 5) is 11.7. The fraction of sp³-hybridized carbons (Fsp3) is 0.929. The summed E-state index contributed by atoms with van der Waals surface area (Å²) in [6.07, 6.45) is -3.34. The molecule has 130 valence electrons. The van der Waals surface area contributed by atoms with Gasteiger partial charge in [-0.25, -0.2) is 4.79 Å². The molecule has 1 rings (SSSR count). The van der Waals surface area contributed by atoms with Crippen molar-refractivity contribution < 1.29 is 22.2 Å². The Kier molecular flexibility index (Phi) is 6.70. The largest absolute Gasteiger partial charge is 0.391 e. The molecule has 0 aliphatic heterocycles. The number of hydrogen-bond donors (Lipinski definition) is 2. The number of halogens is 3. The molecule has 0 aromatic rings. The number of carbonyl (C=O) groups is 1. The molecule has 1 fully saturated rings. The average Bonchev–Trinajstić information content (AvgIpc) is 2.37. The molecule has 0 radical (unpaired) electrons. The predicted molar refractivity (Wildman–Crippen MR) is 81.1 cm³/mol. The first kappa shape index (κ1) is 19.3. The van der Waals surface area contributed by atoms with Gasteiger partial charge in [-0.05, 0) is 46.5 Å². The molecule has 0 aromatic carbocycles. The van der Waals surface area contributed by atoms with E-state index in [2.05, 4.69) is 10.6 Å². The predicted octanol–water partition coefficient (Wildman–Crippen LogP) is 2.95. The second-order valence-corrected chi connectivity index (χ2v) is 8.98. The zero-order chi connectivity index (χ0) is 17.0. The van der Waals surface area contributed by atoms with Crippen LogP contribution in [0.15, 0.2) is 0 Å². The van der Waals surface area contributed by atoms with Crippen LogP contribution in [-0.2, 0) is 10.8 Å². The molecule has 1 aliphatic rings. The normalized spacial score (nSPS) is 24.6. The number of carbonyl (C=O) groups excluding carboxylic acids is 1. The highest BCUT2D eigenvalue weighted by molar-refractivity contribution is 7.86. The molecular formula is C14H25F3N2O2S. The number of hydrogen-bond acceptors (Lipinski definition) is 2. The zero-order valence-corrected chi connectivity index (χ0v) is 14.1. The van der Waals surface area contributed by atoms with Crippen molar-refractivity contribution in [1.29, 1.82) is 0 Å². The second kappa shape index (κ2) is 7.66. The van der Waals surface area contributed by atoms with E-state index < -0.39 is 28.9 Å². The highest BCUT2D eigenvalue weighted by atomic mass is 32.2. The summed E-state index contributed by atoms with van der Waals surface area (Å²) in [5, 5.41) is 5.30. The minimum absolute atomic E-state index is 0.0580. The van der Waals surface area contributed by atoms with Crippen LogP contribution in [0.5, 0.6) is 0 Å². The van der Waals surface area contributed by atoms with Crippen molar-refractivity contribution in [2.45, 2.75) is 63.4 Å². The van der Waals surface area contributed by atoms with E-state index in [1.807, 2.05) is 20.8 Å². The fourth-order valence-corrected chi connectivity index (χ4v) is 3.26. The Hall–Kier alpha value is -0.790. The Balaban J connectivity index is 2.23. The standard InChI is InChI=1S/C14H25F3N2O2S/c1-13(2,3)22(21)9-8-18-12(20)19-11-6-4-10(5-7-11)14(15,16)17/h10-11H,4-9H2,1-3H3,(H2,18,19,20). The summed E-state index contributed by atoms with van der Waals surface area (Å²) < 4.78 is 49.1. The van der Waals surface area contributed by atoms with E-state index in [9.17, 15) is 22.2 Å². The molecule has 1 unspecified atom stereocenters. The van der Waals surface area contributed by atoms with Crippen LogP contribution >= 0.6 is 0 Å². The lowest BCUT2D eigenvalue weighted by atomic mass is 9.86. The SMILES string of the molecule is CC(C)(C)S(=O)CCNC(=O)NC1CCC(C(F)(F)F)CC1. The van der Waals surface area contributed by atoms with Gasteiger partial charge in [0.25, 0.3) is 0 Å². The Bertz CT molecular complexity index is 400. The van der Waals surface area contributed by atoms with Crippen LogP contribution in [0.3, 0.4) is 0 Å². The Labute approximate surface area is 132 Å². The molecule has 1 atom stereocenters. The van der Waals surface area contributed by atoms with Crippen molar-refractivity contribution >= 4 is 16.8 Å². The molecule has 8 heteroatoms. The van der Waals surface area contributed by atoms with Crippen LogP contribution in [0.4, 0.5) is 18.0 Å². The molecule has 1 aliphatic carbocycles. The summed E-state index contributed by atoms with van der Waals surface area (Å²) in [5.41, 5.74) is 0. The van der Waals surface area contributed by atoms with Crippen LogP contribution in [0, 0.1) is 5.92 Å². The van der Waals surface area contributed by atoms with Crippen molar-refractivity contribution in [1.82, 2.24) is 10.6 Å². The van der Waals surface area contributed by atoms with Crippen LogP contribution in [0.1, 0.15) is 46.5 Å². The van der Waals surface area contributed by atoms with Crippen molar-refractivity contribution in [3.8, 4) is 0 Å². The van der Waals surface area contributed by atoms with Gasteiger partial charge in [0.2, 0.25) is 0 Å². The van der Waals surface area contributed by atoms with E-state index >= 15 is 0 Å². The van der Waals surface area contributed by atoms with E-state index in [1.165, 1.54) is 0 Å². The molecule has 0 heterocycles. The first-order chi connectivity index (χ1) is 10.00. The number of nitrogens with one attached hydrogen (secondary N) is 2. The monoisotopic (exact) mass is 342 g/mol. The van der Waals surface area contributed by atoms with Gasteiger partial charge in [0.1, 0.15) is 0 Å². The van der Waals surface area contributed by atoms with Gasteiger partial charge in [-0.3, -0.25) is 4.21 Å². The van der Waals surface area contributed by atoms with E-state index in [4.69, 9.17) is 0 Å². The number of alkyl halides is 3. The molecule has 2 N–H and O–H groups in total. The van der Waals surface area contributed by atoms with Gasteiger partial charge in [-0.2, -0.15) is 13.2 Å². The van der Waals surface area contributed by atoms with Gasteiger partial charge in [-0.1, -0.05) is 0 Å². The molecule has 22 heavy (non-hydrogen) atoms.